The number of aliphatic hydroxyl groups excluding tert-OH is 1. The zero-order chi connectivity index (χ0) is 15.1. The van der Waals surface area contributed by atoms with Crippen molar-refractivity contribution in [1.29, 1.82) is 0 Å². The van der Waals surface area contributed by atoms with E-state index in [9.17, 15) is 9.50 Å². The van der Waals surface area contributed by atoms with Crippen LogP contribution in [-0.4, -0.2) is 29.7 Å². The average Bonchev–Trinajstić information content (AvgIpc) is 2.49. The zero-order valence-corrected chi connectivity index (χ0v) is 12.6. The molecule has 4 heteroatoms. The fourth-order valence-corrected chi connectivity index (χ4v) is 2.46. The van der Waals surface area contributed by atoms with Gasteiger partial charge < -0.3 is 5.11 Å². The van der Waals surface area contributed by atoms with Crippen molar-refractivity contribution in [2.45, 2.75) is 13.0 Å². The Labute approximate surface area is 129 Å². The third kappa shape index (κ3) is 5.12. The minimum absolute atomic E-state index is 0.0909. The first-order valence-corrected chi connectivity index (χ1v) is 7.38. The maximum absolute atomic E-state index is 13.1. The fourth-order valence-electron chi connectivity index (χ4n) is 2.23. The Morgan fingerprint density at radius 1 is 1.05 bits per heavy atom. The lowest BCUT2D eigenvalue weighted by Crippen LogP contribution is -2.28. The molecule has 0 aliphatic rings. The van der Waals surface area contributed by atoms with Crippen molar-refractivity contribution in [3.63, 3.8) is 0 Å². The van der Waals surface area contributed by atoms with Crippen molar-refractivity contribution >= 4 is 11.6 Å². The molecule has 0 saturated heterocycles. The molecule has 0 atom stereocenters. The molecule has 1 N–H and O–H groups in total. The van der Waals surface area contributed by atoms with E-state index < -0.39 is 0 Å². The molecule has 0 aliphatic heterocycles. The van der Waals surface area contributed by atoms with Crippen LogP contribution >= 0.6 is 11.6 Å². The molecule has 2 aromatic carbocycles. The molecule has 0 heterocycles. The van der Waals surface area contributed by atoms with Crippen molar-refractivity contribution in [1.82, 2.24) is 4.90 Å². The highest BCUT2D eigenvalue weighted by Crippen LogP contribution is 2.19. The molecule has 2 nitrogen and oxygen atoms in total. The smallest absolute Gasteiger partial charge is 0.124 e. The predicted octanol–water partition coefficient (Wildman–Crippen LogP) is 3.52. The SMILES string of the molecule is OCCN(CCc1ccccc1)Cc1ccc(F)cc1Cl. The van der Waals surface area contributed by atoms with Gasteiger partial charge >= 0.3 is 0 Å². The second kappa shape index (κ2) is 8.13. The maximum Gasteiger partial charge on any atom is 0.124 e. The van der Waals surface area contributed by atoms with Gasteiger partial charge in [0.1, 0.15) is 5.82 Å². The van der Waals surface area contributed by atoms with E-state index in [1.165, 1.54) is 17.7 Å². The zero-order valence-electron chi connectivity index (χ0n) is 11.8. The lowest BCUT2D eigenvalue weighted by atomic mass is 10.1. The summed E-state index contributed by atoms with van der Waals surface area (Å²) in [6.45, 7) is 2.08. The summed E-state index contributed by atoms with van der Waals surface area (Å²) in [5, 5.41) is 9.62. The standard InChI is InChI=1S/C17H19ClFNO/c18-17-12-16(19)7-6-15(17)13-20(10-11-21)9-8-14-4-2-1-3-5-14/h1-7,12,21H,8-11,13H2. The van der Waals surface area contributed by atoms with Crippen LogP contribution in [0.3, 0.4) is 0 Å². The van der Waals surface area contributed by atoms with Gasteiger partial charge in [0.25, 0.3) is 0 Å². The molecule has 21 heavy (non-hydrogen) atoms. The van der Waals surface area contributed by atoms with Gasteiger partial charge in [0.15, 0.2) is 0 Å². The minimum Gasteiger partial charge on any atom is -0.395 e. The monoisotopic (exact) mass is 307 g/mol. The summed E-state index contributed by atoms with van der Waals surface area (Å²) >= 11 is 6.06. The third-order valence-electron chi connectivity index (χ3n) is 3.38. The molecular weight excluding hydrogens is 289 g/mol. The molecule has 2 aromatic rings. The minimum atomic E-state index is -0.332. The summed E-state index contributed by atoms with van der Waals surface area (Å²) in [4.78, 5) is 2.12. The molecule has 2 rings (SSSR count). The van der Waals surface area contributed by atoms with Crippen molar-refractivity contribution < 1.29 is 9.50 Å². The van der Waals surface area contributed by atoms with Crippen LogP contribution in [0, 0.1) is 5.82 Å². The average molecular weight is 308 g/mol. The Bertz CT molecular complexity index is 562. The van der Waals surface area contributed by atoms with Gasteiger partial charge in [0.05, 0.1) is 6.61 Å². The van der Waals surface area contributed by atoms with Gasteiger partial charge in [-0.15, -0.1) is 0 Å². The van der Waals surface area contributed by atoms with Crippen LogP contribution < -0.4 is 0 Å². The van der Waals surface area contributed by atoms with E-state index in [2.05, 4.69) is 17.0 Å². The van der Waals surface area contributed by atoms with Gasteiger partial charge in [0, 0.05) is 24.7 Å². The maximum atomic E-state index is 13.1. The number of aliphatic hydroxyl groups is 1. The van der Waals surface area contributed by atoms with E-state index in [0.29, 0.717) is 18.1 Å². The van der Waals surface area contributed by atoms with Crippen LogP contribution in [0.4, 0.5) is 4.39 Å². The number of hydrogen-bond acceptors (Lipinski definition) is 2. The van der Waals surface area contributed by atoms with E-state index in [0.717, 1.165) is 18.5 Å². The molecule has 0 saturated carbocycles. The van der Waals surface area contributed by atoms with Crippen molar-refractivity contribution in [3.8, 4) is 0 Å². The van der Waals surface area contributed by atoms with Crippen LogP contribution in [0.2, 0.25) is 5.02 Å². The molecule has 0 aliphatic carbocycles. The van der Waals surface area contributed by atoms with E-state index in [4.69, 9.17) is 11.6 Å². The fraction of sp³-hybridized carbons (Fsp3) is 0.294. The van der Waals surface area contributed by atoms with Gasteiger partial charge in [0.2, 0.25) is 0 Å². The Hall–Kier alpha value is -1.42. The second-order valence-electron chi connectivity index (χ2n) is 4.97. The lowest BCUT2D eigenvalue weighted by molar-refractivity contribution is 0.191. The number of hydrogen-bond donors (Lipinski definition) is 1. The van der Waals surface area contributed by atoms with E-state index in [-0.39, 0.29) is 12.4 Å². The summed E-state index contributed by atoms with van der Waals surface area (Å²) in [6, 6.07) is 14.6. The van der Waals surface area contributed by atoms with Crippen LogP contribution in [0.25, 0.3) is 0 Å². The molecule has 0 bridgehead atoms. The summed E-state index contributed by atoms with van der Waals surface area (Å²) in [7, 11) is 0. The number of halogens is 2. The highest BCUT2D eigenvalue weighted by atomic mass is 35.5. The van der Waals surface area contributed by atoms with Gasteiger partial charge in [-0.1, -0.05) is 48.0 Å². The van der Waals surface area contributed by atoms with Gasteiger partial charge in [-0.2, -0.15) is 0 Å². The van der Waals surface area contributed by atoms with Gasteiger partial charge in [-0.3, -0.25) is 4.90 Å². The van der Waals surface area contributed by atoms with Crippen LogP contribution in [-0.2, 0) is 13.0 Å². The second-order valence-corrected chi connectivity index (χ2v) is 5.38. The Morgan fingerprint density at radius 2 is 1.81 bits per heavy atom. The normalized spacial score (nSPS) is 11.0. The third-order valence-corrected chi connectivity index (χ3v) is 3.74. The molecule has 0 unspecified atom stereocenters. The van der Waals surface area contributed by atoms with Crippen molar-refractivity contribution in [2.24, 2.45) is 0 Å². The number of rotatable bonds is 7. The van der Waals surface area contributed by atoms with Gasteiger partial charge in [-0.05, 0) is 29.7 Å². The highest BCUT2D eigenvalue weighted by molar-refractivity contribution is 6.31. The van der Waals surface area contributed by atoms with Crippen LogP contribution in [0.15, 0.2) is 48.5 Å². The summed E-state index contributed by atoms with van der Waals surface area (Å²) in [5.74, 6) is -0.332. The van der Waals surface area contributed by atoms with Gasteiger partial charge in [-0.25, -0.2) is 4.39 Å². The molecule has 0 aromatic heterocycles. The van der Waals surface area contributed by atoms with E-state index in [1.807, 2.05) is 18.2 Å². The topological polar surface area (TPSA) is 23.5 Å². The number of benzene rings is 2. The molecule has 0 radical (unpaired) electrons. The highest BCUT2D eigenvalue weighted by Gasteiger charge is 2.09. The summed E-state index contributed by atoms with van der Waals surface area (Å²) < 4.78 is 13.1. The number of nitrogens with zero attached hydrogens (tertiary/aromatic N) is 1. The van der Waals surface area contributed by atoms with Crippen molar-refractivity contribution in [2.75, 3.05) is 19.7 Å². The lowest BCUT2D eigenvalue weighted by Gasteiger charge is -2.22. The Kier molecular flexibility index (Phi) is 6.18. The Morgan fingerprint density at radius 3 is 2.48 bits per heavy atom. The molecule has 0 spiro atoms. The first kappa shape index (κ1) is 16.0. The van der Waals surface area contributed by atoms with Crippen LogP contribution in [0.1, 0.15) is 11.1 Å². The first-order valence-electron chi connectivity index (χ1n) is 7.00. The van der Waals surface area contributed by atoms with E-state index in [1.54, 1.807) is 6.07 Å². The predicted molar refractivity (Wildman–Crippen MR) is 83.9 cm³/mol. The molecule has 0 fully saturated rings. The van der Waals surface area contributed by atoms with E-state index >= 15 is 0 Å². The molecule has 0 amide bonds. The first-order chi connectivity index (χ1) is 10.2. The molecular formula is C17H19ClFNO. The summed E-state index contributed by atoms with van der Waals surface area (Å²) in [5.41, 5.74) is 2.13. The molecule has 112 valence electrons. The Balaban J connectivity index is 1.98. The summed E-state index contributed by atoms with van der Waals surface area (Å²) in [6.07, 6.45) is 0.902. The quantitative estimate of drug-likeness (QED) is 0.846. The largest absolute Gasteiger partial charge is 0.395 e. The van der Waals surface area contributed by atoms with Crippen LogP contribution in [0.5, 0.6) is 0 Å². The van der Waals surface area contributed by atoms with Crippen molar-refractivity contribution in [3.05, 3.63) is 70.5 Å².